The zero-order chi connectivity index (χ0) is 55.1. The van der Waals surface area contributed by atoms with E-state index in [1.54, 1.807) is 0 Å². The molecule has 19 heteroatoms. The summed E-state index contributed by atoms with van der Waals surface area (Å²) in [6.45, 7) is 9.18. The number of phosphoric acid groups is 2. The third-order valence-corrected chi connectivity index (χ3v) is 14.7. The highest BCUT2D eigenvalue weighted by atomic mass is 31.2. The van der Waals surface area contributed by atoms with Crippen LogP contribution in [0.1, 0.15) is 260 Å². The number of carbonyl (C=O) groups excluding carboxylic acids is 4. The number of esters is 4. The molecule has 0 rings (SSSR count). The van der Waals surface area contributed by atoms with E-state index in [1.165, 1.54) is 70.6 Å². The molecule has 3 N–H and O–H groups in total. The minimum Gasteiger partial charge on any atom is -0.462 e. The van der Waals surface area contributed by atoms with Crippen LogP contribution >= 0.6 is 15.6 Å². The average Bonchev–Trinajstić information content (AvgIpc) is 3.36. The first-order valence-corrected chi connectivity index (χ1v) is 32.0. The molecule has 0 aliphatic rings. The van der Waals surface area contributed by atoms with Crippen molar-refractivity contribution in [3.63, 3.8) is 0 Å². The molecule has 0 aliphatic heterocycles. The lowest BCUT2D eigenvalue weighted by Crippen LogP contribution is -2.30. The minimum atomic E-state index is -4.93. The normalized spacial score (nSPS) is 14.9. The van der Waals surface area contributed by atoms with Crippen molar-refractivity contribution in [2.45, 2.75) is 278 Å². The van der Waals surface area contributed by atoms with Crippen LogP contribution in [0.3, 0.4) is 0 Å². The van der Waals surface area contributed by atoms with Gasteiger partial charge in [0.1, 0.15) is 19.3 Å². The summed E-state index contributed by atoms with van der Waals surface area (Å²) < 4.78 is 67.3. The fourth-order valence-corrected chi connectivity index (χ4v) is 9.49. The molecule has 0 aromatic heterocycles. The molecular formula is C55H106O17P2. The highest BCUT2D eigenvalue weighted by Crippen LogP contribution is 2.45. The van der Waals surface area contributed by atoms with Crippen LogP contribution < -0.4 is 0 Å². The van der Waals surface area contributed by atoms with E-state index in [0.717, 1.165) is 102 Å². The lowest BCUT2D eigenvalue weighted by atomic mass is 10.00. The molecule has 438 valence electrons. The number of unbranched alkanes of at least 4 members (excludes halogenated alkanes) is 23. The molecule has 0 fully saturated rings. The number of ether oxygens (including phenoxy) is 4. The second-order valence-electron chi connectivity index (χ2n) is 20.7. The summed E-state index contributed by atoms with van der Waals surface area (Å²) >= 11 is 0. The smallest absolute Gasteiger partial charge is 0.462 e. The highest BCUT2D eigenvalue weighted by Gasteiger charge is 2.30. The van der Waals surface area contributed by atoms with Gasteiger partial charge in [-0.3, -0.25) is 37.3 Å². The van der Waals surface area contributed by atoms with Gasteiger partial charge in [0.2, 0.25) is 0 Å². The minimum absolute atomic E-state index is 0.101. The fourth-order valence-electron chi connectivity index (χ4n) is 7.91. The molecule has 0 bridgehead atoms. The molecule has 0 aromatic rings. The van der Waals surface area contributed by atoms with Crippen LogP contribution in [0.15, 0.2) is 0 Å². The molecule has 0 heterocycles. The Labute approximate surface area is 447 Å². The van der Waals surface area contributed by atoms with E-state index in [1.807, 2.05) is 0 Å². The number of aliphatic hydroxyl groups is 1. The van der Waals surface area contributed by atoms with Crippen molar-refractivity contribution >= 4 is 39.5 Å². The van der Waals surface area contributed by atoms with Crippen molar-refractivity contribution in [3.8, 4) is 0 Å². The van der Waals surface area contributed by atoms with Crippen molar-refractivity contribution in [2.75, 3.05) is 39.6 Å². The van der Waals surface area contributed by atoms with E-state index in [0.29, 0.717) is 31.6 Å². The van der Waals surface area contributed by atoms with Crippen LogP contribution in [0.4, 0.5) is 0 Å². The van der Waals surface area contributed by atoms with Crippen molar-refractivity contribution in [2.24, 2.45) is 11.8 Å². The van der Waals surface area contributed by atoms with E-state index >= 15 is 0 Å². The maximum absolute atomic E-state index is 12.9. The summed E-state index contributed by atoms with van der Waals surface area (Å²) in [5.41, 5.74) is 0. The third-order valence-electron chi connectivity index (χ3n) is 12.8. The van der Waals surface area contributed by atoms with E-state index in [9.17, 15) is 43.2 Å². The molecule has 6 atom stereocenters. The lowest BCUT2D eigenvalue weighted by Gasteiger charge is -2.21. The van der Waals surface area contributed by atoms with E-state index in [-0.39, 0.29) is 25.7 Å². The number of hydrogen-bond donors (Lipinski definition) is 3. The fraction of sp³-hybridized carbons (Fsp3) is 0.927. The monoisotopic (exact) mass is 1100 g/mol. The van der Waals surface area contributed by atoms with Crippen LogP contribution in [0.2, 0.25) is 0 Å². The Morgan fingerprint density at radius 1 is 0.392 bits per heavy atom. The van der Waals surface area contributed by atoms with Gasteiger partial charge in [-0.25, -0.2) is 9.13 Å². The van der Waals surface area contributed by atoms with Crippen LogP contribution in [0, 0.1) is 11.8 Å². The van der Waals surface area contributed by atoms with Gasteiger partial charge in [-0.15, -0.1) is 0 Å². The number of phosphoric ester groups is 2. The summed E-state index contributed by atoms with van der Waals surface area (Å²) in [6, 6.07) is 0. The molecule has 0 radical (unpaired) electrons. The molecule has 0 spiro atoms. The number of carbonyl (C=O) groups is 4. The molecule has 74 heavy (non-hydrogen) atoms. The summed E-state index contributed by atoms with van der Waals surface area (Å²) in [4.78, 5) is 71.4. The number of hydrogen-bond acceptors (Lipinski definition) is 15. The Bertz CT molecular complexity index is 1480. The lowest BCUT2D eigenvalue weighted by molar-refractivity contribution is -0.161. The van der Waals surface area contributed by atoms with E-state index in [4.69, 9.17) is 37.0 Å². The van der Waals surface area contributed by atoms with Gasteiger partial charge in [-0.2, -0.15) is 0 Å². The van der Waals surface area contributed by atoms with Crippen LogP contribution in [-0.4, -0.2) is 96.7 Å². The second-order valence-corrected chi connectivity index (χ2v) is 23.6. The van der Waals surface area contributed by atoms with Gasteiger partial charge in [0.15, 0.2) is 12.2 Å². The summed E-state index contributed by atoms with van der Waals surface area (Å²) in [6.07, 6.45) is 27.2. The van der Waals surface area contributed by atoms with E-state index < -0.39 is 97.5 Å². The first-order chi connectivity index (χ1) is 35.4. The summed E-state index contributed by atoms with van der Waals surface area (Å²) in [5.74, 6) is -0.774. The van der Waals surface area contributed by atoms with Crippen LogP contribution in [0.25, 0.3) is 0 Å². The van der Waals surface area contributed by atoms with Gasteiger partial charge in [0.05, 0.1) is 26.4 Å². The predicted octanol–water partition coefficient (Wildman–Crippen LogP) is 14.1. The van der Waals surface area contributed by atoms with Gasteiger partial charge in [-0.1, -0.05) is 208 Å². The standard InChI is InChI=1S/C55H106O17P2/c1-7-10-12-14-15-16-17-18-26-32-38-53(58)66-44-51(72-55(60)40-34-28-22-20-25-30-36-48(6)9-3)46-70-74(63,64)68-42-49(56)41-67-73(61,62)69-45-50(43-65-52(57)37-31-23-13-11-8-2)71-54(59)39-33-27-21-19-24-29-35-47(4)5/h47-51,56H,7-46H2,1-6H3,(H,61,62)(H,63,64)/t48?,49-,50+,51+/m0/s1. The number of rotatable bonds is 54. The third kappa shape index (κ3) is 48.4. The largest absolute Gasteiger partial charge is 0.472 e. The zero-order valence-electron chi connectivity index (χ0n) is 47.1. The maximum Gasteiger partial charge on any atom is 0.472 e. The molecule has 0 aliphatic carbocycles. The first kappa shape index (κ1) is 72.1. The molecule has 0 amide bonds. The zero-order valence-corrected chi connectivity index (χ0v) is 48.9. The van der Waals surface area contributed by atoms with Crippen molar-refractivity contribution < 1.29 is 80.2 Å². The van der Waals surface area contributed by atoms with Crippen molar-refractivity contribution in [1.29, 1.82) is 0 Å². The van der Waals surface area contributed by atoms with Crippen molar-refractivity contribution in [1.82, 2.24) is 0 Å². The van der Waals surface area contributed by atoms with Gasteiger partial charge >= 0.3 is 39.5 Å². The van der Waals surface area contributed by atoms with Gasteiger partial charge in [0.25, 0.3) is 0 Å². The van der Waals surface area contributed by atoms with Gasteiger partial charge in [-0.05, 0) is 37.5 Å². The predicted molar refractivity (Wildman–Crippen MR) is 289 cm³/mol. The Morgan fingerprint density at radius 2 is 0.689 bits per heavy atom. The Hall–Kier alpha value is -1.94. The molecule has 17 nitrogen and oxygen atoms in total. The molecule has 0 aromatic carbocycles. The Balaban J connectivity index is 5.20. The molecular weight excluding hydrogens is 995 g/mol. The molecule has 0 saturated heterocycles. The molecule has 3 unspecified atom stereocenters. The first-order valence-electron chi connectivity index (χ1n) is 29.0. The quantitative estimate of drug-likeness (QED) is 0.0222. The number of aliphatic hydroxyl groups excluding tert-OH is 1. The SMILES string of the molecule is CCCCCCCCCCCCC(=O)OC[C@H](COP(=O)(O)OC[C@@H](O)COP(=O)(O)OC[C@@H](COC(=O)CCCCCCC)OC(=O)CCCCCCCCC(C)C)OC(=O)CCCCCCCCC(C)CC. The Morgan fingerprint density at radius 3 is 1.03 bits per heavy atom. The van der Waals surface area contributed by atoms with Gasteiger partial charge in [0, 0.05) is 25.7 Å². The van der Waals surface area contributed by atoms with Gasteiger partial charge < -0.3 is 33.8 Å². The average molecular weight is 1100 g/mol. The van der Waals surface area contributed by atoms with Crippen LogP contribution in [0.5, 0.6) is 0 Å². The second kappa shape index (κ2) is 48.2. The maximum atomic E-state index is 12.9. The summed E-state index contributed by atoms with van der Waals surface area (Å²) in [5, 5.41) is 10.4. The van der Waals surface area contributed by atoms with Crippen molar-refractivity contribution in [3.05, 3.63) is 0 Å². The van der Waals surface area contributed by atoms with Crippen LogP contribution in [-0.2, 0) is 65.4 Å². The molecule has 0 saturated carbocycles. The topological polar surface area (TPSA) is 237 Å². The van der Waals surface area contributed by atoms with E-state index in [2.05, 4.69) is 41.5 Å². The summed E-state index contributed by atoms with van der Waals surface area (Å²) in [7, 11) is -9.86. The Kier molecular flexibility index (Phi) is 46.9. The highest BCUT2D eigenvalue weighted by molar-refractivity contribution is 7.47.